The second-order valence-corrected chi connectivity index (χ2v) is 6.48. The van der Waals surface area contributed by atoms with E-state index >= 15 is 0 Å². The first-order chi connectivity index (χ1) is 12.2. The van der Waals surface area contributed by atoms with E-state index in [4.69, 9.17) is 4.74 Å². The maximum atomic E-state index is 10.2. The standard InChI is InChI=1S/C19H17N3O2S/c1-22-16-5-7-20-19(14(16)10-17(22)12-6-8-25-11-12)21-15-4-3-13(24-2)9-18(15)23/h3-11,23H,1-2H3,(H,20,21). The predicted molar refractivity (Wildman–Crippen MR) is 102 cm³/mol. The number of hydrogen-bond donors (Lipinski definition) is 2. The number of nitrogens with one attached hydrogen (secondary N) is 1. The number of aromatic hydroxyl groups is 1. The van der Waals surface area contributed by atoms with Crippen molar-refractivity contribution in [2.24, 2.45) is 7.05 Å². The zero-order valence-electron chi connectivity index (χ0n) is 13.9. The molecule has 0 aliphatic heterocycles. The van der Waals surface area contributed by atoms with E-state index in [0.29, 0.717) is 17.3 Å². The molecule has 0 aliphatic carbocycles. The summed E-state index contributed by atoms with van der Waals surface area (Å²) in [6, 6.07) is 11.4. The lowest BCUT2D eigenvalue weighted by Gasteiger charge is -2.10. The van der Waals surface area contributed by atoms with Crippen LogP contribution in [0.5, 0.6) is 11.5 Å². The number of fused-ring (bicyclic) bond motifs is 1. The summed E-state index contributed by atoms with van der Waals surface area (Å²) in [6.07, 6.45) is 1.77. The van der Waals surface area contributed by atoms with E-state index < -0.39 is 0 Å². The zero-order valence-corrected chi connectivity index (χ0v) is 14.7. The Labute approximate surface area is 149 Å². The van der Waals surface area contributed by atoms with Gasteiger partial charge >= 0.3 is 0 Å². The molecule has 3 aromatic heterocycles. The molecule has 0 spiro atoms. The maximum absolute atomic E-state index is 10.2. The SMILES string of the molecule is COc1ccc(Nc2nccc3c2cc(-c2ccsc2)n3C)c(O)c1. The molecular weight excluding hydrogens is 334 g/mol. The highest BCUT2D eigenvalue weighted by Crippen LogP contribution is 2.35. The van der Waals surface area contributed by atoms with E-state index in [0.717, 1.165) is 16.6 Å². The number of pyridine rings is 1. The van der Waals surface area contributed by atoms with E-state index in [1.807, 2.05) is 13.1 Å². The van der Waals surface area contributed by atoms with Crippen molar-refractivity contribution in [1.29, 1.82) is 0 Å². The lowest BCUT2D eigenvalue weighted by Crippen LogP contribution is -1.95. The van der Waals surface area contributed by atoms with Crippen molar-refractivity contribution in [2.45, 2.75) is 0 Å². The van der Waals surface area contributed by atoms with Crippen molar-refractivity contribution in [1.82, 2.24) is 9.55 Å². The minimum absolute atomic E-state index is 0.118. The molecule has 4 aromatic rings. The van der Waals surface area contributed by atoms with Crippen molar-refractivity contribution < 1.29 is 9.84 Å². The van der Waals surface area contributed by atoms with Crippen molar-refractivity contribution in [2.75, 3.05) is 12.4 Å². The molecule has 1 aromatic carbocycles. The molecule has 0 saturated heterocycles. The van der Waals surface area contributed by atoms with Crippen LogP contribution in [0.2, 0.25) is 0 Å². The van der Waals surface area contributed by atoms with Gasteiger partial charge in [-0.1, -0.05) is 0 Å². The Morgan fingerprint density at radius 3 is 2.80 bits per heavy atom. The van der Waals surface area contributed by atoms with Gasteiger partial charge in [-0.25, -0.2) is 4.98 Å². The summed E-state index contributed by atoms with van der Waals surface area (Å²) in [5.41, 5.74) is 3.97. The fraction of sp³-hybridized carbons (Fsp3) is 0.105. The highest BCUT2D eigenvalue weighted by Gasteiger charge is 2.13. The highest BCUT2D eigenvalue weighted by molar-refractivity contribution is 7.08. The number of ether oxygens (including phenoxy) is 1. The first kappa shape index (κ1) is 15.5. The van der Waals surface area contributed by atoms with Gasteiger partial charge < -0.3 is 19.7 Å². The Bertz CT molecular complexity index is 1040. The molecule has 0 fully saturated rings. The molecule has 0 saturated carbocycles. The van der Waals surface area contributed by atoms with Gasteiger partial charge in [0.05, 0.1) is 18.3 Å². The van der Waals surface area contributed by atoms with Crippen molar-refractivity contribution in [3.63, 3.8) is 0 Å². The number of aryl methyl sites for hydroxylation is 1. The van der Waals surface area contributed by atoms with Gasteiger partial charge in [0.15, 0.2) is 0 Å². The van der Waals surface area contributed by atoms with Crippen molar-refractivity contribution >= 4 is 33.7 Å². The summed E-state index contributed by atoms with van der Waals surface area (Å²) in [6.45, 7) is 0. The lowest BCUT2D eigenvalue weighted by atomic mass is 10.2. The Hall–Kier alpha value is -2.99. The Morgan fingerprint density at radius 1 is 1.20 bits per heavy atom. The van der Waals surface area contributed by atoms with Gasteiger partial charge in [-0.2, -0.15) is 11.3 Å². The van der Waals surface area contributed by atoms with Gasteiger partial charge in [0.1, 0.15) is 17.3 Å². The van der Waals surface area contributed by atoms with Crippen LogP contribution in [-0.2, 0) is 7.05 Å². The normalized spacial score (nSPS) is 11.0. The molecule has 126 valence electrons. The molecule has 0 bridgehead atoms. The average Bonchev–Trinajstić information content (AvgIpc) is 3.25. The van der Waals surface area contributed by atoms with Crippen LogP contribution in [0.25, 0.3) is 22.2 Å². The largest absolute Gasteiger partial charge is 0.506 e. The molecule has 0 atom stereocenters. The monoisotopic (exact) mass is 351 g/mol. The molecule has 25 heavy (non-hydrogen) atoms. The van der Waals surface area contributed by atoms with Crippen LogP contribution in [0.15, 0.2) is 53.4 Å². The number of hydrogen-bond acceptors (Lipinski definition) is 5. The van der Waals surface area contributed by atoms with Crippen LogP contribution in [0.1, 0.15) is 0 Å². The number of thiophene rings is 1. The molecule has 2 N–H and O–H groups in total. The van der Waals surface area contributed by atoms with Gasteiger partial charge in [-0.05, 0) is 35.7 Å². The molecular formula is C19H17N3O2S. The first-order valence-corrected chi connectivity index (χ1v) is 8.72. The molecule has 6 heteroatoms. The molecule has 4 rings (SSSR count). The number of benzene rings is 1. The van der Waals surface area contributed by atoms with Crippen LogP contribution in [0, 0.1) is 0 Å². The summed E-state index contributed by atoms with van der Waals surface area (Å²) in [7, 11) is 3.62. The Balaban J connectivity index is 1.79. The van der Waals surface area contributed by atoms with Crippen LogP contribution in [-0.4, -0.2) is 21.8 Å². The number of nitrogens with zero attached hydrogens (tertiary/aromatic N) is 2. The predicted octanol–water partition coefficient (Wildman–Crippen LogP) is 4.76. The average molecular weight is 351 g/mol. The second kappa shape index (κ2) is 6.14. The van der Waals surface area contributed by atoms with Gasteiger partial charge in [0.25, 0.3) is 0 Å². The second-order valence-electron chi connectivity index (χ2n) is 5.70. The van der Waals surface area contributed by atoms with Gasteiger partial charge in [0, 0.05) is 41.3 Å². The molecule has 5 nitrogen and oxygen atoms in total. The van der Waals surface area contributed by atoms with Gasteiger partial charge in [0.2, 0.25) is 0 Å². The third-order valence-electron chi connectivity index (χ3n) is 4.25. The Kier molecular flexibility index (Phi) is 3.82. The van der Waals surface area contributed by atoms with E-state index in [9.17, 15) is 5.11 Å². The first-order valence-electron chi connectivity index (χ1n) is 7.78. The summed E-state index contributed by atoms with van der Waals surface area (Å²) in [4.78, 5) is 4.46. The fourth-order valence-corrected chi connectivity index (χ4v) is 3.57. The summed E-state index contributed by atoms with van der Waals surface area (Å²) in [5, 5.41) is 18.6. The number of rotatable bonds is 4. The number of anilines is 2. The van der Waals surface area contributed by atoms with Crippen molar-refractivity contribution in [3.05, 3.63) is 53.4 Å². The molecule has 0 radical (unpaired) electrons. The third-order valence-corrected chi connectivity index (χ3v) is 4.93. The number of phenols is 1. The Morgan fingerprint density at radius 2 is 2.08 bits per heavy atom. The smallest absolute Gasteiger partial charge is 0.142 e. The fourth-order valence-electron chi connectivity index (χ4n) is 2.92. The maximum Gasteiger partial charge on any atom is 0.142 e. The van der Waals surface area contributed by atoms with Crippen LogP contribution in [0.4, 0.5) is 11.5 Å². The van der Waals surface area contributed by atoms with E-state index in [-0.39, 0.29) is 5.75 Å². The van der Waals surface area contributed by atoms with Gasteiger partial charge in [-0.3, -0.25) is 0 Å². The topological polar surface area (TPSA) is 59.3 Å². The van der Waals surface area contributed by atoms with E-state index in [1.165, 1.54) is 5.56 Å². The molecule has 0 unspecified atom stereocenters. The lowest BCUT2D eigenvalue weighted by molar-refractivity contribution is 0.408. The number of methoxy groups -OCH3 is 1. The molecule has 3 heterocycles. The minimum Gasteiger partial charge on any atom is -0.506 e. The van der Waals surface area contributed by atoms with Crippen LogP contribution < -0.4 is 10.1 Å². The van der Waals surface area contributed by atoms with Crippen LogP contribution >= 0.6 is 11.3 Å². The minimum atomic E-state index is 0.118. The van der Waals surface area contributed by atoms with E-state index in [1.54, 1.807) is 42.8 Å². The summed E-state index contributed by atoms with van der Waals surface area (Å²) >= 11 is 1.68. The molecule has 0 amide bonds. The highest BCUT2D eigenvalue weighted by atomic mass is 32.1. The van der Waals surface area contributed by atoms with E-state index in [2.05, 4.69) is 37.8 Å². The van der Waals surface area contributed by atoms with Gasteiger partial charge in [-0.15, -0.1) is 0 Å². The molecule has 0 aliphatic rings. The number of aromatic nitrogens is 2. The summed E-state index contributed by atoms with van der Waals surface area (Å²) in [5.74, 6) is 1.43. The number of phenolic OH excluding ortho intramolecular Hbond substituents is 1. The zero-order chi connectivity index (χ0) is 17.4. The third kappa shape index (κ3) is 2.70. The quantitative estimate of drug-likeness (QED) is 0.521. The summed E-state index contributed by atoms with van der Waals surface area (Å²) < 4.78 is 7.28. The van der Waals surface area contributed by atoms with Crippen LogP contribution in [0.3, 0.4) is 0 Å². The van der Waals surface area contributed by atoms with Crippen molar-refractivity contribution in [3.8, 4) is 22.8 Å².